The number of anilines is 1. The summed E-state index contributed by atoms with van der Waals surface area (Å²) in [7, 11) is 0. The van der Waals surface area contributed by atoms with Crippen LogP contribution in [0.25, 0.3) is 0 Å². The minimum Gasteiger partial charge on any atom is -0.444 e. The number of rotatable bonds is 7. The maximum atomic E-state index is 12.4. The molecule has 0 heterocycles. The van der Waals surface area contributed by atoms with Gasteiger partial charge in [-0.05, 0) is 44.7 Å². The second kappa shape index (κ2) is 12.2. The zero-order valence-electron chi connectivity index (χ0n) is 18.8. The summed E-state index contributed by atoms with van der Waals surface area (Å²) >= 11 is 0.712. The standard InChI is InChI=1S/C21H32N4O5S/c1-7-14-10-8-9-11-15(14)22-16(26)12-31-20(29)25-24-18(27)17(13(2)3)23-19(28)30-21(4,5)6/h8-11,13,17H,7,12H2,1-6H3,(H,22,26)(H,23,28)(H,24,27)(H,25,29)/t17-/m1/s1. The van der Waals surface area contributed by atoms with Crippen LogP contribution in [-0.4, -0.2) is 40.5 Å². The van der Waals surface area contributed by atoms with E-state index in [1.807, 2.05) is 25.1 Å². The summed E-state index contributed by atoms with van der Waals surface area (Å²) in [5, 5.41) is 4.65. The van der Waals surface area contributed by atoms with Gasteiger partial charge in [-0.2, -0.15) is 0 Å². The number of hydrazine groups is 1. The predicted octanol–water partition coefficient (Wildman–Crippen LogP) is 3.21. The fraction of sp³-hybridized carbons (Fsp3) is 0.524. The molecule has 0 aliphatic heterocycles. The Labute approximate surface area is 187 Å². The van der Waals surface area contributed by atoms with Gasteiger partial charge in [0, 0.05) is 5.69 Å². The molecule has 4 amide bonds. The molecular weight excluding hydrogens is 420 g/mol. The maximum absolute atomic E-state index is 12.4. The minimum atomic E-state index is -0.908. The Morgan fingerprint density at radius 1 is 1.06 bits per heavy atom. The third kappa shape index (κ3) is 10.2. The van der Waals surface area contributed by atoms with Crippen LogP contribution in [0.2, 0.25) is 0 Å². The lowest BCUT2D eigenvalue weighted by atomic mass is 10.0. The molecule has 1 aromatic rings. The Morgan fingerprint density at radius 3 is 2.29 bits per heavy atom. The van der Waals surface area contributed by atoms with Crippen molar-refractivity contribution < 1.29 is 23.9 Å². The highest BCUT2D eigenvalue weighted by atomic mass is 32.2. The van der Waals surface area contributed by atoms with E-state index in [1.54, 1.807) is 40.7 Å². The molecule has 0 saturated heterocycles. The van der Waals surface area contributed by atoms with Crippen molar-refractivity contribution in [3.63, 3.8) is 0 Å². The van der Waals surface area contributed by atoms with Crippen molar-refractivity contribution in [1.82, 2.24) is 16.2 Å². The van der Waals surface area contributed by atoms with E-state index in [0.717, 1.165) is 12.0 Å². The van der Waals surface area contributed by atoms with Crippen molar-refractivity contribution in [2.45, 2.75) is 59.6 Å². The molecule has 1 atom stereocenters. The molecule has 0 aliphatic carbocycles. The molecule has 0 fully saturated rings. The van der Waals surface area contributed by atoms with Crippen LogP contribution < -0.4 is 21.5 Å². The van der Waals surface area contributed by atoms with Gasteiger partial charge in [0.1, 0.15) is 11.6 Å². The zero-order chi connectivity index (χ0) is 23.6. The number of benzene rings is 1. The van der Waals surface area contributed by atoms with Gasteiger partial charge in [0.15, 0.2) is 0 Å². The number of amides is 4. The van der Waals surface area contributed by atoms with Gasteiger partial charge in [-0.25, -0.2) is 4.79 Å². The molecule has 0 aliphatic rings. The lowest BCUT2D eigenvalue weighted by Gasteiger charge is -2.25. The monoisotopic (exact) mass is 452 g/mol. The van der Waals surface area contributed by atoms with Crippen LogP contribution in [0, 0.1) is 5.92 Å². The van der Waals surface area contributed by atoms with E-state index in [0.29, 0.717) is 17.4 Å². The molecule has 9 nitrogen and oxygen atoms in total. The molecule has 0 saturated carbocycles. The highest BCUT2D eigenvalue weighted by molar-refractivity contribution is 8.14. The van der Waals surface area contributed by atoms with Gasteiger partial charge in [0.2, 0.25) is 5.91 Å². The van der Waals surface area contributed by atoms with Crippen LogP contribution in [0.1, 0.15) is 47.1 Å². The first-order chi connectivity index (χ1) is 14.4. The number of nitrogens with one attached hydrogen (secondary N) is 4. The molecule has 0 radical (unpaired) electrons. The van der Waals surface area contributed by atoms with E-state index >= 15 is 0 Å². The summed E-state index contributed by atoms with van der Waals surface area (Å²) in [6, 6.07) is 6.52. The van der Waals surface area contributed by atoms with Crippen LogP contribution in [0.15, 0.2) is 24.3 Å². The number of carbonyl (C=O) groups excluding carboxylic acids is 4. The predicted molar refractivity (Wildman–Crippen MR) is 122 cm³/mol. The van der Waals surface area contributed by atoms with Crippen LogP contribution in [0.4, 0.5) is 15.3 Å². The number of aryl methyl sites for hydroxylation is 1. The molecule has 1 rings (SSSR count). The smallest absolute Gasteiger partial charge is 0.408 e. The van der Waals surface area contributed by atoms with E-state index in [4.69, 9.17) is 4.74 Å². The summed E-state index contributed by atoms with van der Waals surface area (Å²) in [6.07, 6.45) is 0.0378. The number of alkyl carbamates (subject to hydrolysis) is 1. The van der Waals surface area contributed by atoms with Crippen molar-refractivity contribution >= 4 is 40.6 Å². The first-order valence-electron chi connectivity index (χ1n) is 10.0. The molecule has 31 heavy (non-hydrogen) atoms. The SMILES string of the molecule is CCc1ccccc1NC(=O)CSC(=O)NNC(=O)[C@H](NC(=O)OC(C)(C)C)C(C)C. The summed E-state index contributed by atoms with van der Waals surface area (Å²) in [5.41, 5.74) is 5.49. The third-order valence-corrected chi connectivity index (χ3v) is 4.69. The van der Waals surface area contributed by atoms with Crippen molar-refractivity contribution in [3.05, 3.63) is 29.8 Å². The summed E-state index contributed by atoms with van der Waals surface area (Å²) in [4.78, 5) is 48.4. The minimum absolute atomic E-state index is 0.122. The van der Waals surface area contributed by atoms with Gasteiger partial charge in [0.05, 0.1) is 5.75 Å². The van der Waals surface area contributed by atoms with E-state index < -0.39 is 28.9 Å². The van der Waals surface area contributed by atoms with Gasteiger partial charge < -0.3 is 15.4 Å². The lowest BCUT2D eigenvalue weighted by molar-refractivity contribution is -0.124. The van der Waals surface area contributed by atoms with Gasteiger partial charge in [0.25, 0.3) is 11.1 Å². The molecule has 1 aromatic carbocycles. The van der Waals surface area contributed by atoms with E-state index in [-0.39, 0.29) is 17.6 Å². The first kappa shape index (κ1) is 26.3. The summed E-state index contributed by atoms with van der Waals surface area (Å²) in [6.45, 7) is 10.6. The first-order valence-corrected chi connectivity index (χ1v) is 11.0. The average Bonchev–Trinajstić information content (AvgIpc) is 2.67. The largest absolute Gasteiger partial charge is 0.444 e. The highest BCUT2D eigenvalue weighted by Crippen LogP contribution is 2.16. The van der Waals surface area contributed by atoms with Crippen molar-refractivity contribution in [2.24, 2.45) is 5.92 Å². The molecule has 0 bridgehead atoms. The number of thioether (sulfide) groups is 1. The Bertz CT molecular complexity index is 792. The fourth-order valence-electron chi connectivity index (χ4n) is 2.46. The number of para-hydroxylation sites is 1. The lowest BCUT2D eigenvalue weighted by Crippen LogP contribution is -2.54. The van der Waals surface area contributed by atoms with Crippen LogP contribution >= 0.6 is 11.8 Å². The Kier molecular flexibility index (Phi) is 10.3. The fourth-order valence-corrected chi connectivity index (χ4v) is 2.92. The molecule has 10 heteroatoms. The molecular formula is C21H32N4O5S. The number of ether oxygens (including phenoxy) is 1. The maximum Gasteiger partial charge on any atom is 0.408 e. The Morgan fingerprint density at radius 2 is 1.71 bits per heavy atom. The van der Waals surface area contributed by atoms with E-state index in [2.05, 4.69) is 21.5 Å². The Balaban J connectivity index is 2.48. The van der Waals surface area contributed by atoms with E-state index in [9.17, 15) is 19.2 Å². The van der Waals surface area contributed by atoms with Gasteiger partial charge in [-0.3, -0.25) is 25.2 Å². The quantitative estimate of drug-likeness (QED) is 0.471. The Hall–Kier alpha value is -2.75. The average molecular weight is 453 g/mol. The highest BCUT2D eigenvalue weighted by Gasteiger charge is 2.27. The van der Waals surface area contributed by atoms with Crippen molar-refractivity contribution in [2.75, 3.05) is 11.1 Å². The van der Waals surface area contributed by atoms with Crippen molar-refractivity contribution in [1.29, 1.82) is 0 Å². The zero-order valence-corrected chi connectivity index (χ0v) is 19.6. The van der Waals surface area contributed by atoms with E-state index in [1.165, 1.54) is 0 Å². The molecule has 4 N–H and O–H groups in total. The van der Waals surface area contributed by atoms with Gasteiger partial charge in [-0.1, -0.05) is 50.7 Å². The summed E-state index contributed by atoms with van der Waals surface area (Å²) < 4.78 is 5.16. The van der Waals surface area contributed by atoms with Crippen molar-refractivity contribution in [3.8, 4) is 0 Å². The molecule has 0 aromatic heterocycles. The molecule has 172 valence electrons. The number of hydrogen-bond acceptors (Lipinski definition) is 6. The topological polar surface area (TPSA) is 126 Å². The molecule has 0 spiro atoms. The third-order valence-electron chi connectivity index (χ3n) is 3.92. The van der Waals surface area contributed by atoms with Crippen LogP contribution in [-0.2, 0) is 20.7 Å². The van der Waals surface area contributed by atoms with Gasteiger partial charge in [-0.15, -0.1) is 0 Å². The second-order valence-corrected chi connectivity index (χ2v) is 9.07. The normalized spacial score (nSPS) is 12.0. The van der Waals surface area contributed by atoms with Crippen LogP contribution in [0.5, 0.6) is 0 Å². The summed E-state index contributed by atoms with van der Waals surface area (Å²) in [5.74, 6) is -1.31. The number of hydrogen-bond donors (Lipinski definition) is 4. The number of carbonyl (C=O) groups is 4. The van der Waals surface area contributed by atoms with Gasteiger partial charge >= 0.3 is 6.09 Å². The van der Waals surface area contributed by atoms with Crippen LogP contribution in [0.3, 0.4) is 0 Å². The second-order valence-electron chi connectivity index (χ2n) is 8.12. The molecule has 0 unspecified atom stereocenters.